The molecule has 0 bridgehead atoms. The van der Waals surface area contributed by atoms with Crippen molar-refractivity contribution >= 4 is 15.9 Å². The molecule has 1 atom stereocenters. The summed E-state index contributed by atoms with van der Waals surface area (Å²) < 4.78 is 8.95. The molecular formula is C16H20BrN3O. The van der Waals surface area contributed by atoms with Crippen LogP contribution in [-0.2, 0) is 6.54 Å². The van der Waals surface area contributed by atoms with Gasteiger partial charge in [-0.15, -0.1) is 0 Å². The van der Waals surface area contributed by atoms with Crippen molar-refractivity contribution in [3.63, 3.8) is 0 Å². The minimum atomic E-state index is 0.402. The number of hydrogen-bond donors (Lipinski definition) is 1. The highest BCUT2D eigenvalue weighted by atomic mass is 79.9. The maximum Gasteiger partial charge on any atom is 0.124 e. The van der Waals surface area contributed by atoms with Crippen LogP contribution in [0.5, 0.6) is 5.75 Å². The summed E-state index contributed by atoms with van der Waals surface area (Å²) in [7, 11) is 0. The minimum Gasteiger partial charge on any atom is -0.493 e. The number of unbranched alkanes of at least 4 members (excludes halogenated alkanes) is 1. The quantitative estimate of drug-likeness (QED) is 0.810. The predicted octanol–water partition coefficient (Wildman–Crippen LogP) is 3.54. The molecule has 112 valence electrons. The largest absolute Gasteiger partial charge is 0.493 e. The fraction of sp³-hybridized carbons (Fsp3) is 0.438. The molecule has 1 aromatic heterocycles. The molecule has 1 unspecified atom stereocenters. The standard InChI is InChI=1S/C16H20BrN3O/c17-13-3-4-16-14(11-13)15(5-10-21-16)19-6-1-2-8-20-9-7-18-12-20/h3-4,7,9,11-12,15,19H,1-2,5-6,8,10H2. The van der Waals surface area contributed by atoms with Gasteiger partial charge >= 0.3 is 0 Å². The summed E-state index contributed by atoms with van der Waals surface area (Å²) in [5, 5.41) is 3.66. The summed E-state index contributed by atoms with van der Waals surface area (Å²) in [5.41, 5.74) is 1.27. The second kappa shape index (κ2) is 7.09. The van der Waals surface area contributed by atoms with E-state index in [4.69, 9.17) is 4.74 Å². The lowest BCUT2D eigenvalue weighted by Gasteiger charge is -2.27. The van der Waals surface area contributed by atoms with Gasteiger partial charge in [-0.1, -0.05) is 15.9 Å². The number of aryl methyl sites for hydroxylation is 1. The van der Waals surface area contributed by atoms with Crippen LogP contribution >= 0.6 is 15.9 Å². The summed E-state index contributed by atoms with van der Waals surface area (Å²) >= 11 is 3.54. The molecule has 1 N–H and O–H groups in total. The Morgan fingerprint density at radius 2 is 2.33 bits per heavy atom. The van der Waals surface area contributed by atoms with Gasteiger partial charge in [0.2, 0.25) is 0 Å². The van der Waals surface area contributed by atoms with Crippen molar-refractivity contribution in [2.75, 3.05) is 13.2 Å². The maximum atomic E-state index is 5.71. The zero-order valence-corrected chi connectivity index (χ0v) is 13.6. The van der Waals surface area contributed by atoms with Crippen molar-refractivity contribution in [2.24, 2.45) is 0 Å². The molecular weight excluding hydrogens is 330 g/mol. The van der Waals surface area contributed by atoms with Gasteiger partial charge in [0.1, 0.15) is 5.75 Å². The van der Waals surface area contributed by atoms with Crippen molar-refractivity contribution in [2.45, 2.75) is 31.8 Å². The third kappa shape index (κ3) is 3.86. The van der Waals surface area contributed by atoms with Crippen LogP contribution in [0.15, 0.2) is 41.4 Å². The highest BCUT2D eigenvalue weighted by Gasteiger charge is 2.20. The van der Waals surface area contributed by atoms with Gasteiger partial charge < -0.3 is 14.6 Å². The van der Waals surface area contributed by atoms with Crippen LogP contribution in [-0.4, -0.2) is 22.7 Å². The molecule has 3 rings (SSSR count). The number of rotatable bonds is 6. The van der Waals surface area contributed by atoms with Crippen molar-refractivity contribution in [1.82, 2.24) is 14.9 Å². The van der Waals surface area contributed by atoms with Crippen molar-refractivity contribution < 1.29 is 4.74 Å². The first kappa shape index (κ1) is 14.6. The Balaban J connectivity index is 1.47. The van der Waals surface area contributed by atoms with E-state index in [0.717, 1.165) is 42.8 Å². The van der Waals surface area contributed by atoms with Gasteiger partial charge in [-0.25, -0.2) is 4.98 Å². The van der Waals surface area contributed by atoms with Crippen molar-refractivity contribution in [3.05, 3.63) is 47.0 Å². The number of halogens is 1. The number of benzene rings is 1. The van der Waals surface area contributed by atoms with Crippen LogP contribution < -0.4 is 10.1 Å². The lowest BCUT2D eigenvalue weighted by molar-refractivity contribution is 0.252. The van der Waals surface area contributed by atoms with Crippen LogP contribution in [0.3, 0.4) is 0 Å². The Morgan fingerprint density at radius 1 is 1.38 bits per heavy atom. The number of ether oxygens (including phenoxy) is 1. The van der Waals surface area contributed by atoms with Gasteiger partial charge in [0.15, 0.2) is 0 Å². The first-order valence-electron chi connectivity index (χ1n) is 7.44. The van der Waals surface area contributed by atoms with E-state index in [1.807, 2.05) is 30.9 Å². The van der Waals surface area contributed by atoms with Gasteiger partial charge in [0.05, 0.1) is 12.9 Å². The zero-order valence-electron chi connectivity index (χ0n) is 12.0. The smallest absolute Gasteiger partial charge is 0.124 e. The molecule has 0 radical (unpaired) electrons. The molecule has 1 aliphatic rings. The lowest BCUT2D eigenvalue weighted by Crippen LogP contribution is -2.28. The Morgan fingerprint density at radius 3 is 3.19 bits per heavy atom. The number of imidazole rings is 1. The second-order valence-electron chi connectivity index (χ2n) is 5.33. The van der Waals surface area contributed by atoms with Gasteiger partial charge in [-0.3, -0.25) is 0 Å². The normalized spacial score (nSPS) is 17.3. The Bertz CT molecular complexity index is 571. The average molecular weight is 350 g/mol. The van der Waals surface area contributed by atoms with E-state index in [1.54, 1.807) is 0 Å². The molecule has 1 aromatic carbocycles. The van der Waals surface area contributed by atoms with E-state index in [1.165, 1.54) is 12.0 Å². The van der Waals surface area contributed by atoms with Gasteiger partial charge in [-0.2, -0.15) is 0 Å². The van der Waals surface area contributed by atoms with Gasteiger partial charge in [0.25, 0.3) is 0 Å². The van der Waals surface area contributed by atoms with Crippen LogP contribution in [0.4, 0.5) is 0 Å². The number of fused-ring (bicyclic) bond motifs is 1. The fourth-order valence-corrected chi connectivity index (χ4v) is 3.07. The third-order valence-corrected chi connectivity index (χ3v) is 4.30. The van der Waals surface area contributed by atoms with Crippen LogP contribution in [0.25, 0.3) is 0 Å². The Labute approximate surface area is 133 Å². The average Bonchev–Trinajstić information content (AvgIpc) is 3.00. The zero-order chi connectivity index (χ0) is 14.5. The van der Waals surface area contributed by atoms with Gasteiger partial charge in [0, 0.05) is 41.4 Å². The number of aromatic nitrogens is 2. The monoisotopic (exact) mass is 349 g/mol. The molecule has 0 saturated carbocycles. The number of nitrogens with one attached hydrogen (secondary N) is 1. The van der Waals surface area contributed by atoms with Crippen molar-refractivity contribution in [3.8, 4) is 5.75 Å². The summed E-state index contributed by atoms with van der Waals surface area (Å²) in [6, 6.07) is 6.65. The fourth-order valence-electron chi connectivity index (χ4n) is 2.69. The maximum absolute atomic E-state index is 5.71. The SMILES string of the molecule is Brc1ccc2c(c1)C(NCCCCn1ccnc1)CCO2. The summed E-state index contributed by atoms with van der Waals surface area (Å²) in [6.45, 7) is 2.87. The third-order valence-electron chi connectivity index (χ3n) is 3.80. The number of nitrogens with zero attached hydrogens (tertiary/aromatic N) is 2. The molecule has 0 aliphatic carbocycles. The van der Waals surface area contributed by atoms with E-state index in [2.05, 4.69) is 36.9 Å². The molecule has 0 amide bonds. The van der Waals surface area contributed by atoms with E-state index in [-0.39, 0.29) is 0 Å². The molecule has 2 heterocycles. The molecule has 4 nitrogen and oxygen atoms in total. The predicted molar refractivity (Wildman–Crippen MR) is 86.5 cm³/mol. The first-order chi connectivity index (χ1) is 10.3. The lowest BCUT2D eigenvalue weighted by atomic mass is 10.0. The summed E-state index contributed by atoms with van der Waals surface area (Å²) in [6.07, 6.45) is 9.08. The van der Waals surface area contributed by atoms with Crippen LogP contribution in [0, 0.1) is 0 Å². The highest BCUT2D eigenvalue weighted by molar-refractivity contribution is 9.10. The van der Waals surface area contributed by atoms with E-state index in [0.29, 0.717) is 6.04 Å². The molecule has 1 aliphatic heterocycles. The first-order valence-corrected chi connectivity index (χ1v) is 8.23. The molecule has 21 heavy (non-hydrogen) atoms. The highest BCUT2D eigenvalue weighted by Crippen LogP contribution is 2.33. The molecule has 0 spiro atoms. The van der Waals surface area contributed by atoms with Crippen molar-refractivity contribution in [1.29, 1.82) is 0 Å². The van der Waals surface area contributed by atoms with E-state index >= 15 is 0 Å². The summed E-state index contributed by atoms with van der Waals surface area (Å²) in [5.74, 6) is 1.01. The van der Waals surface area contributed by atoms with E-state index in [9.17, 15) is 0 Å². The van der Waals surface area contributed by atoms with Gasteiger partial charge in [-0.05, 0) is 37.6 Å². The summed E-state index contributed by atoms with van der Waals surface area (Å²) in [4.78, 5) is 4.06. The molecule has 2 aromatic rings. The van der Waals surface area contributed by atoms with Crippen LogP contribution in [0.1, 0.15) is 30.9 Å². The van der Waals surface area contributed by atoms with E-state index < -0.39 is 0 Å². The molecule has 0 fully saturated rings. The second-order valence-corrected chi connectivity index (χ2v) is 6.25. The Hall–Kier alpha value is -1.33. The topological polar surface area (TPSA) is 39.1 Å². The Kier molecular flexibility index (Phi) is 4.93. The minimum absolute atomic E-state index is 0.402. The number of hydrogen-bond acceptors (Lipinski definition) is 3. The van der Waals surface area contributed by atoms with Crippen LogP contribution in [0.2, 0.25) is 0 Å². The molecule has 5 heteroatoms. The molecule has 0 saturated heterocycles.